The Balaban J connectivity index is 2.10. The van der Waals surface area contributed by atoms with E-state index in [-0.39, 0.29) is 11.9 Å². The highest BCUT2D eigenvalue weighted by Crippen LogP contribution is 2.23. The van der Waals surface area contributed by atoms with Crippen LogP contribution in [0.3, 0.4) is 0 Å². The van der Waals surface area contributed by atoms with Crippen LogP contribution in [0.1, 0.15) is 25.3 Å². The Hall–Kier alpha value is -1.13. The molecule has 1 unspecified atom stereocenters. The van der Waals surface area contributed by atoms with Crippen molar-refractivity contribution >= 4 is 5.69 Å². The van der Waals surface area contributed by atoms with Crippen LogP contribution in [0.25, 0.3) is 0 Å². The number of hydrogen-bond acceptors (Lipinski definition) is 3. The van der Waals surface area contributed by atoms with Crippen LogP contribution in [0.2, 0.25) is 0 Å². The topological polar surface area (TPSA) is 38.5 Å². The highest BCUT2D eigenvalue weighted by molar-refractivity contribution is 5.49. The summed E-state index contributed by atoms with van der Waals surface area (Å²) in [7, 11) is 0. The highest BCUT2D eigenvalue weighted by atomic mass is 19.1. The molecule has 2 rings (SSSR count). The molecule has 0 aliphatic carbocycles. The molecule has 1 saturated heterocycles. The number of halogens is 1. The van der Waals surface area contributed by atoms with Gasteiger partial charge in [0.05, 0.1) is 11.8 Å². The largest absolute Gasteiger partial charge is 0.376 e. The summed E-state index contributed by atoms with van der Waals surface area (Å²) in [6.07, 6.45) is 2.41. The van der Waals surface area contributed by atoms with Crippen LogP contribution < -0.4 is 10.6 Å². The zero-order valence-electron chi connectivity index (χ0n) is 10.9. The standard InChI is InChI=1S/C14H21FN2O/c1-2-17(10-12-4-3-7-18-12)14-6-5-11(9-16)8-13(14)15/h5-6,8,12H,2-4,7,9-10,16H2,1H3. The third-order valence-electron chi connectivity index (χ3n) is 3.42. The number of nitrogens with two attached hydrogens (primary N) is 1. The Kier molecular flexibility index (Phi) is 4.55. The Morgan fingerprint density at radius 1 is 1.50 bits per heavy atom. The van der Waals surface area contributed by atoms with Gasteiger partial charge in [0.2, 0.25) is 0 Å². The summed E-state index contributed by atoms with van der Waals surface area (Å²) in [5.41, 5.74) is 6.98. The van der Waals surface area contributed by atoms with E-state index in [9.17, 15) is 4.39 Å². The van der Waals surface area contributed by atoms with Gasteiger partial charge in [-0.25, -0.2) is 4.39 Å². The van der Waals surface area contributed by atoms with Crippen LogP contribution in [0, 0.1) is 5.82 Å². The number of ether oxygens (including phenoxy) is 1. The molecule has 0 spiro atoms. The summed E-state index contributed by atoms with van der Waals surface area (Å²) < 4.78 is 19.6. The fourth-order valence-electron chi connectivity index (χ4n) is 2.37. The molecule has 0 radical (unpaired) electrons. The highest BCUT2D eigenvalue weighted by Gasteiger charge is 2.20. The number of anilines is 1. The first-order valence-corrected chi connectivity index (χ1v) is 6.59. The van der Waals surface area contributed by atoms with E-state index in [1.165, 1.54) is 6.07 Å². The van der Waals surface area contributed by atoms with E-state index in [0.29, 0.717) is 12.2 Å². The molecule has 18 heavy (non-hydrogen) atoms. The third-order valence-corrected chi connectivity index (χ3v) is 3.42. The average molecular weight is 252 g/mol. The van der Waals surface area contributed by atoms with E-state index in [4.69, 9.17) is 10.5 Å². The minimum atomic E-state index is -0.196. The second kappa shape index (κ2) is 6.16. The Morgan fingerprint density at radius 3 is 2.89 bits per heavy atom. The van der Waals surface area contributed by atoms with E-state index in [0.717, 1.165) is 38.1 Å². The maximum absolute atomic E-state index is 14.0. The van der Waals surface area contributed by atoms with Gasteiger partial charge in [-0.2, -0.15) is 0 Å². The molecule has 2 N–H and O–H groups in total. The average Bonchev–Trinajstić information content (AvgIpc) is 2.89. The minimum Gasteiger partial charge on any atom is -0.376 e. The van der Waals surface area contributed by atoms with Crippen molar-refractivity contribution < 1.29 is 9.13 Å². The van der Waals surface area contributed by atoms with Gasteiger partial charge in [-0.15, -0.1) is 0 Å². The molecular weight excluding hydrogens is 231 g/mol. The molecule has 1 heterocycles. The molecule has 1 aliphatic heterocycles. The first-order valence-electron chi connectivity index (χ1n) is 6.59. The molecule has 0 bridgehead atoms. The van der Waals surface area contributed by atoms with Crippen molar-refractivity contribution in [3.63, 3.8) is 0 Å². The van der Waals surface area contributed by atoms with E-state index < -0.39 is 0 Å². The van der Waals surface area contributed by atoms with E-state index in [2.05, 4.69) is 0 Å². The van der Waals surface area contributed by atoms with Crippen molar-refractivity contribution in [1.82, 2.24) is 0 Å². The lowest BCUT2D eigenvalue weighted by Gasteiger charge is -2.26. The molecule has 1 aliphatic rings. The van der Waals surface area contributed by atoms with Crippen LogP contribution in [0.15, 0.2) is 18.2 Å². The lowest BCUT2D eigenvalue weighted by atomic mass is 10.1. The van der Waals surface area contributed by atoms with E-state index >= 15 is 0 Å². The summed E-state index contributed by atoms with van der Waals surface area (Å²) in [5.74, 6) is -0.196. The second-order valence-electron chi connectivity index (χ2n) is 4.66. The van der Waals surface area contributed by atoms with Gasteiger partial charge in [-0.05, 0) is 37.5 Å². The van der Waals surface area contributed by atoms with Crippen molar-refractivity contribution in [2.24, 2.45) is 5.73 Å². The van der Waals surface area contributed by atoms with Crippen molar-refractivity contribution in [1.29, 1.82) is 0 Å². The minimum absolute atomic E-state index is 0.196. The first kappa shape index (κ1) is 13.3. The molecule has 1 aromatic carbocycles. The molecule has 4 heteroatoms. The molecule has 1 fully saturated rings. The number of likely N-dealkylation sites (N-methyl/N-ethyl adjacent to an activating group) is 1. The Morgan fingerprint density at radius 2 is 2.33 bits per heavy atom. The Labute approximate surface area is 108 Å². The van der Waals surface area contributed by atoms with Crippen LogP contribution in [0.5, 0.6) is 0 Å². The molecule has 0 aromatic heterocycles. The van der Waals surface area contributed by atoms with Gasteiger partial charge in [0.15, 0.2) is 0 Å². The van der Waals surface area contributed by atoms with Gasteiger partial charge in [0, 0.05) is 26.2 Å². The number of nitrogens with zero attached hydrogens (tertiary/aromatic N) is 1. The van der Waals surface area contributed by atoms with Crippen molar-refractivity contribution in [2.45, 2.75) is 32.4 Å². The first-order chi connectivity index (χ1) is 8.74. The monoisotopic (exact) mass is 252 g/mol. The zero-order valence-corrected chi connectivity index (χ0v) is 10.9. The predicted octanol–water partition coefficient (Wildman–Crippen LogP) is 2.29. The van der Waals surface area contributed by atoms with Gasteiger partial charge >= 0.3 is 0 Å². The normalized spacial score (nSPS) is 19.2. The third kappa shape index (κ3) is 3.00. The summed E-state index contributed by atoms with van der Waals surface area (Å²) in [4.78, 5) is 2.03. The smallest absolute Gasteiger partial charge is 0.146 e. The molecule has 3 nitrogen and oxygen atoms in total. The van der Waals surface area contributed by atoms with Gasteiger partial charge in [-0.3, -0.25) is 0 Å². The van der Waals surface area contributed by atoms with Crippen molar-refractivity contribution in [3.05, 3.63) is 29.6 Å². The molecule has 0 saturated carbocycles. The van der Waals surface area contributed by atoms with Gasteiger partial charge < -0.3 is 15.4 Å². The fraction of sp³-hybridized carbons (Fsp3) is 0.571. The quantitative estimate of drug-likeness (QED) is 0.873. The molecular formula is C14H21FN2O. The summed E-state index contributed by atoms with van der Waals surface area (Å²) in [5, 5.41) is 0. The summed E-state index contributed by atoms with van der Waals surface area (Å²) >= 11 is 0. The molecule has 1 aromatic rings. The van der Waals surface area contributed by atoms with Crippen LogP contribution >= 0.6 is 0 Å². The van der Waals surface area contributed by atoms with Crippen LogP contribution in [-0.2, 0) is 11.3 Å². The lowest BCUT2D eigenvalue weighted by molar-refractivity contribution is 0.115. The van der Waals surface area contributed by atoms with E-state index in [1.807, 2.05) is 24.0 Å². The summed E-state index contributed by atoms with van der Waals surface area (Å²) in [6, 6.07) is 5.22. The maximum atomic E-state index is 14.0. The predicted molar refractivity (Wildman–Crippen MR) is 71.2 cm³/mol. The molecule has 100 valence electrons. The SMILES string of the molecule is CCN(CC1CCCO1)c1ccc(CN)cc1F. The maximum Gasteiger partial charge on any atom is 0.146 e. The van der Waals surface area contributed by atoms with Crippen molar-refractivity contribution in [3.8, 4) is 0 Å². The second-order valence-corrected chi connectivity index (χ2v) is 4.66. The Bertz CT molecular complexity index is 391. The number of hydrogen-bond donors (Lipinski definition) is 1. The van der Waals surface area contributed by atoms with Gasteiger partial charge in [0.1, 0.15) is 5.82 Å². The van der Waals surface area contributed by atoms with Gasteiger partial charge in [-0.1, -0.05) is 6.07 Å². The fourth-order valence-corrected chi connectivity index (χ4v) is 2.37. The molecule has 0 amide bonds. The van der Waals surface area contributed by atoms with Crippen LogP contribution in [-0.4, -0.2) is 25.8 Å². The van der Waals surface area contributed by atoms with Gasteiger partial charge in [0.25, 0.3) is 0 Å². The summed E-state index contributed by atoms with van der Waals surface area (Å²) in [6.45, 7) is 4.77. The van der Waals surface area contributed by atoms with E-state index in [1.54, 1.807) is 0 Å². The number of benzene rings is 1. The molecule has 1 atom stereocenters. The number of rotatable bonds is 5. The van der Waals surface area contributed by atoms with Crippen LogP contribution in [0.4, 0.5) is 10.1 Å². The lowest BCUT2D eigenvalue weighted by Crippen LogP contribution is -2.32. The van der Waals surface area contributed by atoms with Crippen molar-refractivity contribution in [2.75, 3.05) is 24.6 Å². The zero-order chi connectivity index (χ0) is 13.0.